The number of methoxy groups -OCH3 is 1. The molecule has 2 N–H and O–H groups in total. The van der Waals surface area contributed by atoms with Crippen molar-refractivity contribution in [2.24, 2.45) is 0 Å². The molecule has 2 rings (SSSR count). The third-order valence-electron chi connectivity index (χ3n) is 2.58. The molecule has 0 unspecified atom stereocenters. The molecule has 0 radical (unpaired) electrons. The van der Waals surface area contributed by atoms with Gasteiger partial charge in [0.05, 0.1) is 6.61 Å². The average molecular weight is 284 g/mol. The van der Waals surface area contributed by atoms with Crippen LogP contribution in [-0.4, -0.2) is 45.1 Å². The first-order chi connectivity index (χ1) is 9.10. The zero-order valence-corrected chi connectivity index (χ0v) is 11.6. The van der Waals surface area contributed by atoms with E-state index in [0.717, 1.165) is 0 Å². The zero-order valence-electron chi connectivity index (χ0n) is 10.8. The molecule has 0 aromatic carbocycles. The number of fused-ring (bicyclic) bond motifs is 1. The molecule has 0 aliphatic rings. The van der Waals surface area contributed by atoms with Crippen molar-refractivity contribution in [2.75, 3.05) is 32.6 Å². The monoisotopic (exact) mass is 284 g/mol. The van der Waals surface area contributed by atoms with E-state index in [1.807, 2.05) is 0 Å². The summed E-state index contributed by atoms with van der Waals surface area (Å²) in [6.45, 7) is 0.521. The molecule has 19 heavy (non-hydrogen) atoms. The summed E-state index contributed by atoms with van der Waals surface area (Å²) in [4.78, 5) is 4.23. The minimum absolute atomic E-state index is 0.0988. The topological polar surface area (TPSA) is 84.7 Å². The number of aromatic nitrogens is 2. The highest BCUT2D eigenvalue weighted by Gasteiger charge is 2.24. The third kappa shape index (κ3) is 2.70. The molecular formula is C11H16N4O3S. The molecule has 0 bridgehead atoms. The lowest BCUT2D eigenvalue weighted by atomic mass is 10.5. The number of anilines is 1. The number of sulfonamides is 1. The Balaban J connectivity index is 2.48. The van der Waals surface area contributed by atoms with Crippen molar-refractivity contribution < 1.29 is 13.2 Å². The van der Waals surface area contributed by atoms with Crippen LogP contribution in [0.5, 0.6) is 0 Å². The van der Waals surface area contributed by atoms with E-state index in [9.17, 15) is 8.42 Å². The minimum atomic E-state index is -3.65. The smallest absolute Gasteiger partial charge is 0.260 e. The minimum Gasteiger partial charge on any atom is -0.383 e. The van der Waals surface area contributed by atoms with Crippen molar-refractivity contribution in [3.05, 3.63) is 24.4 Å². The van der Waals surface area contributed by atoms with Crippen molar-refractivity contribution in [1.82, 2.24) is 14.1 Å². The van der Waals surface area contributed by atoms with Crippen molar-refractivity contribution in [3.8, 4) is 0 Å². The maximum absolute atomic E-state index is 12.3. The number of hydrogen-bond donors (Lipinski definition) is 2. The summed E-state index contributed by atoms with van der Waals surface area (Å²) in [6, 6.07) is 5.30. The second-order valence-corrected chi connectivity index (χ2v) is 5.52. The summed E-state index contributed by atoms with van der Waals surface area (Å²) < 4.78 is 33.4. The van der Waals surface area contributed by atoms with Crippen LogP contribution < -0.4 is 10.0 Å². The lowest BCUT2D eigenvalue weighted by Crippen LogP contribution is -2.28. The molecule has 0 amide bonds. The molecule has 0 aliphatic carbocycles. The van der Waals surface area contributed by atoms with Gasteiger partial charge in [-0.3, -0.25) is 4.40 Å². The SMILES string of the molecule is CNc1nc2ccccn2c1S(=O)(=O)NCCOC. The average Bonchev–Trinajstić information content (AvgIpc) is 2.78. The first-order valence-corrected chi connectivity index (χ1v) is 7.22. The van der Waals surface area contributed by atoms with E-state index in [4.69, 9.17) is 4.74 Å². The Hall–Kier alpha value is -1.64. The highest BCUT2D eigenvalue weighted by Crippen LogP contribution is 2.21. The molecule has 2 aromatic heterocycles. The molecule has 0 fully saturated rings. The number of ether oxygens (including phenoxy) is 1. The van der Waals surface area contributed by atoms with Crippen LogP contribution in [0.2, 0.25) is 0 Å². The highest BCUT2D eigenvalue weighted by atomic mass is 32.2. The Morgan fingerprint density at radius 2 is 2.21 bits per heavy atom. The standard InChI is InChI=1S/C11H16N4O3S/c1-12-10-11(19(16,17)13-6-8-18-2)15-7-4-3-5-9(15)14-10/h3-5,7,12-13H,6,8H2,1-2H3. The summed E-state index contributed by atoms with van der Waals surface area (Å²) in [5, 5.41) is 2.90. The van der Waals surface area contributed by atoms with E-state index < -0.39 is 10.0 Å². The van der Waals surface area contributed by atoms with Crippen LogP contribution >= 0.6 is 0 Å². The Bertz CT molecular complexity index is 666. The fourth-order valence-corrected chi connectivity index (χ4v) is 3.04. The van der Waals surface area contributed by atoms with Gasteiger partial charge in [-0.05, 0) is 12.1 Å². The quantitative estimate of drug-likeness (QED) is 0.745. The molecule has 104 valence electrons. The maximum Gasteiger partial charge on any atom is 0.260 e. The first-order valence-electron chi connectivity index (χ1n) is 5.73. The van der Waals surface area contributed by atoms with Crippen LogP contribution in [0.25, 0.3) is 5.65 Å². The molecule has 7 nitrogen and oxygen atoms in total. The molecule has 0 saturated carbocycles. The van der Waals surface area contributed by atoms with Gasteiger partial charge in [0.2, 0.25) is 0 Å². The number of imidazole rings is 1. The van der Waals surface area contributed by atoms with Gasteiger partial charge < -0.3 is 10.1 Å². The fraction of sp³-hybridized carbons (Fsp3) is 0.364. The van der Waals surface area contributed by atoms with Crippen molar-refractivity contribution >= 4 is 21.5 Å². The molecule has 8 heteroatoms. The van der Waals surface area contributed by atoms with Crippen molar-refractivity contribution in [3.63, 3.8) is 0 Å². The Kier molecular flexibility index (Phi) is 4.03. The normalized spacial score (nSPS) is 11.9. The van der Waals surface area contributed by atoms with Crippen LogP contribution in [-0.2, 0) is 14.8 Å². The van der Waals surface area contributed by atoms with Crippen molar-refractivity contribution in [1.29, 1.82) is 0 Å². The van der Waals surface area contributed by atoms with Crippen LogP contribution in [0.4, 0.5) is 5.82 Å². The number of nitrogens with zero attached hydrogens (tertiary/aromatic N) is 2. The number of pyridine rings is 1. The summed E-state index contributed by atoms with van der Waals surface area (Å²) in [7, 11) is -0.500. The van der Waals surface area contributed by atoms with E-state index in [0.29, 0.717) is 18.1 Å². The van der Waals surface area contributed by atoms with Gasteiger partial charge in [0.1, 0.15) is 5.65 Å². The van der Waals surface area contributed by atoms with Crippen LogP contribution in [0.15, 0.2) is 29.4 Å². The predicted molar refractivity (Wildman–Crippen MR) is 71.8 cm³/mol. The molecular weight excluding hydrogens is 268 g/mol. The summed E-state index contributed by atoms with van der Waals surface area (Å²) in [6.07, 6.45) is 1.66. The Labute approximate surface area is 111 Å². The second-order valence-electron chi connectivity index (χ2n) is 3.83. The summed E-state index contributed by atoms with van der Waals surface area (Å²) in [5.74, 6) is 0.316. The fourth-order valence-electron chi connectivity index (χ4n) is 1.74. The van der Waals surface area contributed by atoms with E-state index in [2.05, 4.69) is 15.0 Å². The highest BCUT2D eigenvalue weighted by molar-refractivity contribution is 7.89. The third-order valence-corrected chi connectivity index (χ3v) is 4.06. The molecule has 0 saturated heterocycles. The van der Waals surface area contributed by atoms with Gasteiger partial charge in [0.25, 0.3) is 10.0 Å². The number of rotatable bonds is 6. The van der Waals surface area contributed by atoms with Gasteiger partial charge >= 0.3 is 0 Å². The zero-order chi connectivity index (χ0) is 13.9. The van der Waals surface area contributed by atoms with Gasteiger partial charge in [-0.1, -0.05) is 6.07 Å². The molecule has 2 heterocycles. The van der Waals surface area contributed by atoms with E-state index >= 15 is 0 Å². The lowest BCUT2D eigenvalue weighted by Gasteiger charge is -2.07. The summed E-state index contributed by atoms with van der Waals surface area (Å²) >= 11 is 0. The van der Waals surface area contributed by atoms with Crippen LogP contribution in [0.1, 0.15) is 0 Å². The van der Waals surface area contributed by atoms with E-state index in [1.165, 1.54) is 11.5 Å². The van der Waals surface area contributed by atoms with Crippen LogP contribution in [0.3, 0.4) is 0 Å². The van der Waals surface area contributed by atoms with Gasteiger partial charge in [-0.15, -0.1) is 0 Å². The summed E-state index contributed by atoms with van der Waals surface area (Å²) in [5.41, 5.74) is 0.568. The molecule has 0 spiro atoms. The molecule has 0 aliphatic heterocycles. The lowest BCUT2D eigenvalue weighted by molar-refractivity contribution is 0.204. The molecule has 0 atom stereocenters. The predicted octanol–water partition coefficient (Wildman–Crippen LogP) is 0.301. The van der Waals surface area contributed by atoms with Crippen molar-refractivity contribution in [2.45, 2.75) is 5.03 Å². The Morgan fingerprint density at radius 1 is 1.42 bits per heavy atom. The van der Waals surface area contributed by atoms with Gasteiger partial charge in [0, 0.05) is 26.9 Å². The van der Waals surface area contributed by atoms with Gasteiger partial charge in [0.15, 0.2) is 10.8 Å². The van der Waals surface area contributed by atoms with E-state index in [1.54, 1.807) is 31.4 Å². The molecule has 2 aromatic rings. The Morgan fingerprint density at radius 3 is 2.89 bits per heavy atom. The van der Waals surface area contributed by atoms with Crippen LogP contribution in [0, 0.1) is 0 Å². The largest absolute Gasteiger partial charge is 0.383 e. The van der Waals surface area contributed by atoms with Gasteiger partial charge in [-0.25, -0.2) is 18.1 Å². The van der Waals surface area contributed by atoms with E-state index in [-0.39, 0.29) is 11.6 Å². The number of nitrogens with one attached hydrogen (secondary N) is 2. The second kappa shape index (κ2) is 5.55. The van der Waals surface area contributed by atoms with Gasteiger partial charge in [-0.2, -0.15) is 0 Å². The first kappa shape index (κ1) is 13.8. The maximum atomic E-state index is 12.3. The number of hydrogen-bond acceptors (Lipinski definition) is 5.